The van der Waals surface area contributed by atoms with Crippen LogP contribution in [0.3, 0.4) is 0 Å². The van der Waals surface area contributed by atoms with Gasteiger partial charge in [-0.3, -0.25) is 0 Å². The highest BCUT2D eigenvalue weighted by Gasteiger charge is 2.18. The van der Waals surface area contributed by atoms with Crippen molar-refractivity contribution in [1.82, 2.24) is 0 Å². The topological polar surface area (TPSA) is 58.9 Å². The lowest BCUT2D eigenvalue weighted by atomic mass is 9.98. The Bertz CT molecular complexity index is 666. The summed E-state index contributed by atoms with van der Waals surface area (Å²) < 4.78 is 10.7. The fraction of sp³-hybridized carbons (Fsp3) is 0.222. The highest BCUT2D eigenvalue weighted by molar-refractivity contribution is 7.39. The highest BCUT2D eigenvalue weighted by atomic mass is 31.2. The van der Waals surface area contributed by atoms with E-state index in [1.165, 1.54) is 0 Å². The molecule has 122 valence electrons. The minimum absolute atomic E-state index is 0.127. The molecule has 0 unspecified atom stereocenters. The predicted molar refractivity (Wildman–Crippen MR) is 94.4 cm³/mol. The molecule has 0 bridgehead atoms. The fourth-order valence-electron chi connectivity index (χ4n) is 2.38. The molecule has 23 heavy (non-hydrogen) atoms. The van der Waals surface area contributed by atoms with Crippen LogP contribution in [0, 0.1) is 0 Å². The van der Waals surface area contributed by atoms with Gasteiger partial charge in [0.05, 0.1) is 7.11 Å². The molecular weight excluding hydrogens is 311 g/mol. The van der Waals surface area contributed by atoms with Gasteiger partial charge in [0.2, 0.25) is 0 Å². The van der Waals surface area contributed by atoms with Crippen LogP contribution in [0.15, 0.2) is 42.5 Å². The van der Waals surface area contributed by atoms with Gasteiger partial charge in [0, 0.05) is 5.56 Å². The summed E-state index contributed by atoms with van der Waals surface area (Å²) in [6.07, 6.45) is 3.92. The molecule has 0 saturated heterocycles. The van der Waals surface area contributed by atoms with Crippen molar-refractivity contribution in [3.63, 3.8) is 0 Å². The van der Waals surface area contributed by atoms with Gasteiger partial charge in [0.1, 0.15) is 11.5 Å². The average molecular weight is 332 g/mol. The van der Waals surface area contributed by atoms with Crippen molar-refractivity contribution < 1.29 is 19.0 Å². The molecule has 2 rings (SSSR count). The Hall–Kier alpha value is -1.87. The smallest absolute Gasteiger partial charge is 0.391 e. The number of benzene rings is 2. The maximum atomic E-state index is 9.21. The van der Waals surface area contributed by atoms with Crippen LogP contribution in [0.1, 0.15) is 36.5 Å². The quantitative estimate of drug-likeness (QED) is 0.600. The van der Waals surface area contributed by atoms with Crippen LogP contribution >= 0.6 is 8.60 Å². The normalized spacial score (nSPS) is 11.4. The van der Waals surface area contributed by atoms with E-state index in [0.29, 0.717) is 11.5 Å². The summed E-state index contributed by atoms with van der Waals surface area (Å²) in [5.41, 5.74) is 2.76. The van der Waals surface area contributed by atoms with E-state index in [0.717, 1.165) is 16.7 Å². The van der Waals surface area contributed by atoms with Crippen LogP contribution in [0.4, 0.5) is 0 Å². The lowest BCUT2D eigenvalue weighted by molar-refractivity contribution is 0.367. The van der Waals surface area contributed by atoms with Gasteiger partial charge in [-0.25, -0.2) is 0 Å². The van der Waals surface area contributed by atoms with Gasteiger partial charge in [-0.1, -0.05) is 56.3 Å². The third-order valence-electron chi connectivity index (χ3n) is 3.37. The predicted octanol–water partition coefficient (Wildman–Crippen LogP) is 4.58. The molecule has 0 aliphatic carbocycles. The molecule has 2 aromatic carbocycles. The van der Waals surface area contributed by atoms with E-state index in [1.807, 2.05) is 62.4 Å². The number of hydrogen-bond acceptors (Lipinski definition) is 4. The van der Waals surface area contributed by atoms with Crippen LogP contribution in [0.2, 0.25) is 0 Å². The molecular formula is C18H21O4P. The van der Waals surface area contributed by atoms with E-state index in [1.54, 1.807) is 13.2 Å². The van der Waals surface area contributed by atoms with Gasteiger partial charge >= 0.3 is 8.60 Å². The first-order valence-corrected chi connectivity index (χ1v) is 8.48. The molecule has 0 atom stereocenters. The number of rotatable bonds is 6. The van der Waals surface area contributed by atoms with Gasteiger partial charge in [-0.15, -0.1) is 0 Å². The molecule has 0 heterocycles. The molecule has 0 fully saturated rings. The van der Waals surface area contributed by atoms with Crippen LogP contribution in [-0.2, 0) is 0 Å². The maximum Gasteiger partial charge on any atom is 0.391 e. The monoisotopic (exact) mass is 332 g/mol. The molecule has 2 N–H and O–H groups in total. The summed E-state index contributed by atoms with van der Waals surface area (Å²) in [6, 6.07) is 13.6. The van der Waals surface area contributed by atoms with E-state index in [-0.39, 0.29) is 5.92 Å². The van der Waals surface area contributed by atoms with Gasteiger partial charge in [0.25, 0.3) is 0 Å². The van der Waals surface area contributed by atoms with Crippen molar-refractivity contribution in [3.05, 3.63) is 59.2 Å². The van der Waals surface area contributed by atoms with Crippen LogP contribution in [0.5, 0.6) is 11.5 Å². The third-order valence-corrected chi connectivity index (χ3v) is 3.73. The van der Waals surface area contributed by atoms with Gasteiger partial charge in [0.15, 0.2) is 0 Å². The summed E-state index contributed by atoms with van der Waals surface area (Å²) in [7, 11) is -0.887. The second-order valence-corrected chi connectivity index (χ2v) is 6.07. The lowest BCUT2D eigenvalue weighted by Gasteiger charge is -2.18. The summed E-state index contributed by atoms with van der Waals surface area (Å²) in [6.45, 7) is 4.00. The standard InChI is InChI=1S/C18H21O4P/c1-13(2)18-16(21-3)11-15(12-17(18)22-23(19)20)10-9-14-7-5-4-6-8-14/h4-13,19-20H,1-3H3/b10-9+. The van der Waals surface area contributed by atoms with Crippen LogP contribution in [-0.4, -0.2) is 16.9 Å². The Morgan fingerprint density at radius 3 is 2.13 bits per heavy atom. The zero-order valence-corrected chi connectivity index (χ0v) is 14.3. The fourth-order valence-corrected chi connectivity index (χ4v) is 2.70. The first kappa shape index (κ1) is 17.5. The number of hydrogen-bond donors (Lipinski definition) is 2. The zero-order chi connectivity index (χ0) is 16.8. The van der Waals surface area contributed by atoms with Crippen molar-refractivity contribution in [2.45, 2.75) is 19.8 Å². The van der Waals surface area contributed by atoms with Gasteiger partial charge in [-0.2, -0.15) is 0 Å². The second-order valence-electron chi connectivity index (χ2n) is 5.38. The van der Waals surface area contributed by atoms with Crippen LogP contribution < -0.4 is 9.26 Å². The first-order valence-electron chi connectivity index (χ1n) is 7.32. The van der Waals surface area contributed by atoms with Gasteiger partial charge in [-0.05, 0) is 29.2 Å². The molecule has 5 heteroatoms. The second kappa shape index (κ2) is 8.11. The SMILES string of the molecule is COc1cc(/C=C/c2ccccc2)cc(OP(O)O)c1C(C)C. The molecule has 0 radical (unpaired) electrons. The first-order chi connectivity index (χ1) is 11.0. The van der Waals surface area contributed by atoms with Crippen LogP contribution in [0.25, 0.3) is 12.2 Å². The molecule has 2 aromatic rings. The van der Waals surface area contributed by atoms with Crippen molar-refractivity contribution in [3.8, 4) is 11.5 Å². The minimum atomic E-state index is -2.48. The maximum absolute atomic E-state index is 9.21. The largest absolute Gasteiger partial charge is 0.496 e. The Balaban J connectivity index is 2.42. The van der Waals surface area contributed by atoms with Crippen molar-refractivity contribution >= 4 is 20.8 Å². The lowest BCUT2D eigenvalue weighted by Crippen LogP contribution is -1.99. The molecule has 0 aromatic heterocycles. The molecule has 4 nitrogen and oxygen atoms in total. The van der Waals surface area contributed by atoms with E-state index in [2.05, 4.69) is 0 Å². The average Bonchev–Trinajstić information content (AvgIpc) is 2.52. The number of methoxy groups -OCH3 is 1. The molecule has 0 saturated carbocycles. The molecule has 0 aliphatic heterocycles. The zero-order valence-electron chi connectivity index (χ0n) is 13.4. The number of ether oxygens (including phenoxy) is 1. The Kier molecular flexibility index (Phi) is 6.17. The Morgan fingerprint density at radius 2 is 1.57 bits per heavy atom. The Morgan fingerprint density at radius 1 is 0.957 bits per heavy atom. The van der Waals surface area contributed by atoms with E-state index >= 15 is 0 Å². The summed E-state index contributed by atoms with van der Waals surface area (Å²) in [5.74, 6) is 1.23. The third kappa shape index (κ3) is 4.80. The van der Waals surface area contributed by atoms with Gasteiger partial charge < -0.3 is 19.0 Å². The summed E-state index contributed by atoms with van der Waals surface area (Å²) in [5, 5.41) is 0. The van der Waals surface area contributed by atoms with E-state index in [9.17, 15) is 9.79 Å². The molecule has 0 amide bonds. The van der Waals surface area contributed by atoms with Crippen molar-refractivity contribution in [1.29, 1.82) is 0 Å². The van der Waals surface area contributed by atoms with E-state index < -0.39 is 8.60 Å². The summed E-state index contributed by atoms with van der Waals surface area (Å²) >= 11 is 0. The van der Waals surface area contributed by atoms with E-state index in [4.69, 9.17) is 9.26 Å². The van der Waals surface area contributed by atoms with Crippen molar-refractivity contribution in [2.75, 3.05) is 7.11 Å². The van der Waals surface area contributed by atoms with Crippen molar-refractivity contribution in [2.24, 2.45) is 0 Å². The Labute approximate surface area is 138 Å². The summed E-state index contributed by atoms with van der Waals surface area (Å²) in [4.78, 5) is 18.4. The molecule has 0 spiro atoms. The molecule has 0 aliphatic rings. The minimum Gasteiger partial charge on any atom is -0.496 e. The highest BCUT2D eigenvalue weighted by Crippen LogP contribution is 2.41.